The molecule has 0 bridgehead atoms. The second kappa shape index (κ2) is 2.98. The zero-order valence-electron chi connectivity index (χ0n) is 9.10. The van der Waals surface area contributed by atoms with Crippen LogP contribution in [0.4, 0.5) is 0 Å². The number of hydroxylamine groups is 1. The Balaban J connectivity index is 2.29. The number of carbonyl (C=O) groups excluding carboxylic acids is 1. The van der Waals surface area contributed by atoms with Crippen LogP contribution < -0.4 is 5.48 Å². The zero-order valence-corrected chi connectivity index (χ0v) is 9.10. The normalized spacial score (nSPS) is 25.5. The Morgan fingerprint density at radius 1 is 1.46 bits per heavy atom. The molecule has 1 atom stereocenters. The number of hydrogen-bond acceptors (Lipinski definition) is 2. The summed E-state index contributed by atoms with van der Waals surface area (Å²) >= 11 is 0. The first-order valence-corrected chi connectivity index (χ1v) is 4.70. The van der Waals surface area contributed by atoms with Gasteiger partial charge in [0.05, 0.1) is 5.60 Å². The molecule has 1 unspecified atom stereocenters. The minimum absolute atomic E-state index is 0.0138. The molecule has 1 N–H and O–H groups in total. The molecule has 1 saturated carbocycles. The van der Waals surface area contributed by atoms with Crippen molar-refractivity contribution in [2.24, 2.45) is 11.3 Å². The molecular weight excluding hydrogens is 166 g/mol. The Morgan fingerprint density at radius 3 is 2.23 bits per heavy atom. The number of amides is 1. The van der Waals surface area contributed by atoms with Crippen LogP contribution in [-0.2, 0) is 9.63 Å². The predicted octanol–water partition coefficient (Wildman–Crippen LogP) is 1.88. The average Bonchev–Trinajstić information content (AvgIpc) is 2.53. The third kappa shape index (κ3) is 2.99. The summed E-state index contributed by atoms with van der Waals surface area (Å²) in [5.41, 5.74) is 2.36. The number of carbonyl (C=O) groups is 1. The largest absolute Gasteiger partial charge is 0.272 e. The summed E-state index contributed by atoms with van der Waals surface area (Å²) < 4.78 is 0. The van der Waals surface area contributed by atoms with Crippen molar-refractivity contribution in [2.45, 2.75) is 46.6 Å². The summed E-state index contributed by atoms with van der Waals surface area (Å²) in [4.78, 5) is 16.6. The van der Waals surface area contributed by atoms with E-state index in [1.807, 2.05) is 20.8 Å². The molecule has 13 heavy (non-hydrogen) atoms. The third-order valence-electron chi connectivity index (χ3n) is 2.29. The Bertz CT molecular complexity index is 215. The van der Waals surface area contributed by atoms with Gasteiger partial charge in [-0.1, -0.05) is 13.8 Å². The van der Waals surface area contributed by atoms with Crippen LogP contribution in [-0.4, -0.2) is 11.5 Å². The van der Waals surface area contributed by atoms with E-state index in [0.717, 1.165) is 6.42 Å². The molecule has 76 valence electrons. The van der Waals surface area contributed by atoms with Gasteiger partial charge in [-0.15, -0.1) is 0 Å². The molecule has 0 aromatic carbocycles. The first-order chi connectivity index (χ1) is 5.72. The van der Waals surface area contributed by atoms with Gasteiger partial charge >= 0.3 is 0 Å². The zero-order chi connectivity index (χ0) is 10.3. The molecule has 0 spiro atoms. The van der Waals surface area contributed by atoms with Crippen molar-refractivity contribution < 1.29 is 9.63 Å². The lowest BCUT2D eigenvalue weighted by molar-refractivity contribution is -0.147. The van der Waals surface area contributed by atoms with Crippen molar-refractivity contribution >= 4 is 5.91 Å². The second-order valence-electron chi connectivity index (χ2n) is 5.43. The number of nitrogens with one attached hydrogen (secondary N) is 1. The van der Waals surface area contributed by atoms with Crippen LogP contribution in [0.15, 0.2) is 0 Å². The fraction of sp³-hybridized carbons (Fsp3) is 0.900. The van der Waals surface area contributed by atoms with Crippen LogP contribution in [0.25, 0.3) is 0 Å². The van der Waals surface area contributed by atoms with E-state index < -0.39 is 0 Å². The fourth-order valence-corrected chi connectivity index (χ4v) is 1.19. The Morgan fingerprint density at radius 2 is 1.92 bits per heavy atom. The molecule has 1 aliphatic carbocycles. The maximum atomic E-state index is 11.4. The summed E-state index contributed by atoms with van der Waals surface area (Å²) in [7, 11) is 0. The molecule has 0 aliphatic heterocycles. The van der Waals surface area contributed by atoms with Gasteiger partial charge in [0.1, 0.15) is 0 Å². The van der Waals surface area contributed by atoms with Crippen molar-refractivity contribution in [1.29, 1.82) is 0 Å². The van der Waals surface area contributed by atoms with Crippen LogP contribution in [0.2, 0.25) is 0 Å². The molecule has 0 saturated heterocycles. The summed E-state index contributed by atoms with van der Waals surface area (Å²) in [6.45, 7) is 9.91. The SMILES string of the molecule is CC(C)(C)ONC(=O)C1CC1(C)C. The molecule has 1 rings (SSSR count). The Kier molecular flexibility index (Phi) is 2.41. The highest BCUT2D eigenvalue weighted by Gasteiger charge is 2.50. The average molecular weight is 185 g/mol. The molecule has 3 nitrogen and oxygen atoms in total. The van der Waals surface area contributed by atoms with Crippen molar-refractivity contribution in [3.05, 3.63) is 0 Å². The molecule has 0 radical (unpaired) electrons. The lowest BCUT2D eigenvalue weighted by atomic mass is 10.1. The molecule has 0 heterocycles. The van der Waals surface area contributed by atoms with Crippen LogP contribution in [0.3, 0.4) is 0 Å². The highest BCUT2D eigenvalue weighted by Crippen LogP contribution is 2.51. The Labute approximate surface area is 79.8 Å². The van der Waals surface area contributed by atoms with E-state index in [1.54, 1.807) is 0 Å². The summed E-state index contributed by atoms with van der Waals surface area (Å²) in [6, 6.07) is 0. The maximum Gasteiger partial charge on any atom is 0.247 e. The van der Waals surface area contributed by atoms with E-state index in [9.17, 15) is 4.79 Å². The van der Waals surface area contributed by atoms with E-state index in [1.165, 1.54) is 0 Å². The monoisotopic (exact) mass is 185 g/mol. The van der Waals surface area contributed by atoms with Crippen LogP contribution in [0.1, 0.15) is 41.0 Å². The van der Waals surface area contributed by atoms with E-state index in [-0.39, 0.29) is 22.8 Å². The first kappa shape index (κ1) is 10.5. The van der Waals surface area contributed by atoms with Gasteiger partial charge in [-0.05, 0) is 32.6 Å². The molecule has 1 fully saturated rings. The van der Waals surface area contributed by atoms with Gasteiger partial charge in [-0.25, -0.2) is 5.48 Å². The Hall–Kier alpha value is -0.570. The molecule has 0 aromatic rings. The third-order valence-corrected chi connectivity index (χ3v) is 2.29. The van der Waals surface area contributed by atoms with E-state index >= 15 is 0 Å². The predicted molar refractivity (Wildman–Crippen MR) is 50.9 cm³/mol. The number of rotatable bonds is 2. The first-order valence-electron chi connectivity index (χ1n) is 4.70. The van der Waals surface area contributed by atoms with Gasteiger partial charge in [0, 0.05) is 5.92 Å². The lowest BCUT2D eigenvalue weighted by Gasteiger charge is -2.19. The van der Waals surface area contributed by atoms with Gasteiger partial charge in [0.25, 0.3) is 0 Å². The van der Waals surface area contributed by atoms with Gasteiger partial charge in [-0.2, -0.15) is 0 Å². The maximum absolute atomic E-state index is 11.4. The van der Waals surface area contributed by atoms with Gasteiger partial charge in [0.15, 0.2) is 0 Å². The highest BCUT2D eigenvalue weighted by molar-refractivity contribution is 5.81. The van der Waals surface area contributed by atoms with Gasteiger partial charge in [-0.3, -0.25) is 9.63 Å². The summed E-state index contributed by atoms with van der Waals surface area (Å²) in [5.74, 6) is 0.148. The second-order valence-corrected chi connectivity index (χ2v) is 5.43. The summed E-state index contributed by atoms with van der Waals surface area (Å²) in [6.07, 6.45) is 0.965. The van der Waals surface area contributed by atoms with E-state index in [4.69, 9.17) is 4.84 Å². The van der Waals surface area contributed by atoms with Crippen LogP contribution in [0, 0.1) is 11.3 Å². The topological polar surface area (TPSA) is 38.3 Å². The van der Waals surface area contributed by atoms with E-state index in [2.05, 4.69) is 19.3 Å². The minimum Gasteiger partial charge on any atom is -0.272 e. The smallest absolute Gasteiger partial charge is 0.247 e. The fourth-order valence-electron chi connectivity index (χ4n) is 1.19. The van der Waals surface area contributed by atoms with Crippen molar-refractivity contribution in [2.75, 3.05) is 0 Å². The molecule has 1 aliphatic rings. The van der Waals surface area contributed by atoms with Gasteiger partial charge < -0.3 is 0 Å². The molecule has 0 aromatic heterocycles. The van der Waals surface area contributed by atoms with Crippen LogP contribution >= 0.6 is 0 Å². The van der Waals surface area contributed by atoms with Crippen LogP contribution in [0.5, 0.6) is 0 Å². The molecule has 3 heteroatoms. The quantitative estimate of drug-likeness (QED) is 0.667. The van der Waals surface area contributed by atoms with E-state index in [0.29, 0.717) is 0 Å². The van der Waals surface area contributed by atoms with Crippen molar-refractivity contribution in [3.8, 4) is 0 Å². The minimum atomic E-state index is -0.311. The molecule has 1 amide bonds. The highest BCUT2D eigenvalue weighted by atomic mass is 16.7. The molecular formula is C10H19NO2. The standard InChI is InChI=1S/C10H19NO2/c1-9(2,3)13-11-8(12)7-6-10(7,4)5/h7H,6H2,1-5H3,(H,11,12). The lowest BCUT2D eigenvalue weighted by Crippen LogP contribution is -2.35. The van der Waals surface area contributed by atoms with Crippen molar-refractivity contribution in [1.82, 2.24) is 5.48 Å². The van der Waals surface area contributed by atoms with Gasteiger partial charge in [0.2, 0.25) is 5.91 Å². The summed E-state index contributed by atoms with van der Waals surface area (Å²) in [5, 5.41) is 0. The number of hydrogen-bond donors (Lipinski definition) is 1. The van der Waals surface area contributed by atoms with Crippen molar-refractivity contribution in [3.63, 3.8) is 0 Å².